The Kier molecular flexibility index (Phi) is 4.65. The predicted molar refractivity (Wildman–Crippen MR) is 81.3 cm³/mol. The summed E-state index contributed by atoms with van der Waals surface area (Å²) in [7, 11) is 0. The molecule has 20 heavy (non-hydrogen) atoms. The van der Waals surface area contributed by atoms with E-state index in [2.05, 4.69) is 18.8 Å². The maximum absolute atomic E-state index is 14.0. The van der Waals surface area contributed by atoms with Crippen molar-refractivity contribution in [2.75, 3.05) is 5.73 Å². The van der Waals surface area contributed by atoms with E-state index < -0.39 is 5.82 Å². The molecule has 0 spiro atoms. The first kappa shape index (κ1) is 14.9. The fraction of sp³-hybridized carbons (Fsp3) is 0.400. The number of aryl methyl sites for hydroxylation is 1. The third-order valence-electron chi connectivity index (χ3n) is 3.19. The van der Waals surface area contributed by atoms with Crippen molar-refractivity contribution in [2.45, 2.75) is 39.7 Å². The van der Waals surface area contributed by atoms with Gasteiger partial charge in [-0.05, 0) is 31.0 Å². The standard InChI is InChI=1S/C15H19ClFN3/c1-3-5-13-19-14(15(18)20(13)8-4-2)11-7-6-10(16)9-12(11)17/h6-7,9H,3-5,8,18H2,1-2H3. The molecule has 5 heteroatoms. The van der Waals surface area contributed by atoms with Crippen LogP contribution >= 0.6 is 11.6 Å². The van der Waals surface area contributed by atoms with Gasteiger partial charge in [-0.3, -0.25) is 0 Å². The van der Waals surface area contributed by atoms with Gasteiger partial charge in [0.05, 0.1) is 0 Å². The molecule has 0 unspecified atom stereocenters. The smallest absolute Gasteiger partial charge is 0.134 e. The maximum atomic E-state index is 14.0. The second kappa shape index (κ2) is 6.27. The summed E-state index contributed by atoms with van der Waals surface area (Å²) in [5.74, 6) is 1.04. The topological polar surface area (TPSA) is 43.8 Å². The summed E-state index contributed by atoms with van der Waals surface area (Å²) in [5.41, 5.74) is 7.07. The van der Waals surface area contributed by atoms with Gasteiger partial charge in [-0.2, -0.15) is 0 Å². The molecule has 0 aliphatic carbocycles. The molecule has 0 saturated heterocycles. The molecule has 0 fully saturated rings. The van der Waals surface area contributed by atoms with Crippen molar-refractivity contribution in [3.05, 3.63) is 34.9 Å². The van der Waals surface area contributed by atoms with Gasteiger partial charge in [0.15, 0.2) is 0 Å². The lowest BCUT2D eigenvalue weighted by molar-refractivity contribution is 0.631. The third kappa shape index (κ3) is 2.80. The number of imidazole rings is 1. The molecular formula is C15H19ClFN3. The Bertz CT molecular complexity index is 607. The van der Waals surface area contributed by atoms with Crippen LogP contribution in [-0.4, -0.2) is 9.55 Å². The Labute approximate surface area is 123 Å². The van der Waals surface area contributed by atoms with Crippen LogP contribution in [0.1, 0.15) is 32.5 Å². The Balaban J connectivity index is 2.53. The molecule has 0 bridgehead atoms. The van der Waals surface area contributed by atoms with Crippen molar-refractivity contribution in [3.63, 3.8) is 0 Å². The Morgan fingerprint density at radius 2 is 2.05 bits per heavy atom. The quantitative estimate of drug-likeness (QED) is 0.894. The summed E-state index contributed by atoms with van der Waals surface area (Å²) in [6.45, 7) is 4.96. The van der Waals surface area contributed by atoms with Gasteiger partial charge in [0, 0.05) is 23.6 Å². The molecule has 0 aliphatic rings. The van der Waals surface area contributed by atoms with Crippen molar-refractivity contribution in [1.82, 2.24) is 9.55 Å². The van der Waals surface area contributed by atoms with Gasteiger partial charge >= 0.3 is 0 Å². The molecule has 2 N–H and O–H groups in total. The Morgan fingerprint density at radius 1 is 1.30 bits per heavy atom. The van der Waals surface area contributed by atoms with Crippen LogP contribution in [0.15, 0.2) is 18.2 Å². The molecule has 3 nitrogen and oxygen atoms in total. The largest absolute Gasteiger partial charge is 0.383 e. The normalized spacial score (nSPS) is 11.0. The van der Waals surface area contributed by atoms with Crippen LogP contribution in [0, 0.1) is 5.82 Å². The number of hydrogen-bond donors (Lipinski definition) is 1. The fourth-order valence-corrected chi connectivity index (χ4v) is 2.44. The minimum Gasteiger partial charge on any atom is -0.383 e. The lowest BCUT2D eigenvalue weighted by Gasteiger charge is -2.07. The highest BCUT2D eigenvalue weighted by atomic mass is 35.5. The molecule has 0 radical (unpaired) electrons. The predicted octanol–water partition coefficient (Wildman–Crippen LogP) is 4.29. The fourth-order valence-electron chi connectivity index (χ4n) is 2.28. The number of benzene rings is 1. The van der Waals surface area contributed by atoms with Crippen molar-refractivity contribution >= 4 is 17.4 Å². The first-order valence-corrected chi connectivity index (χ1v) is 7.26. The van der Waals surface area contributed by atoms with Crippen LogP contribution in [-0.2, 0) is 13.0 Å². The third-order valence-corrected chi connectivity index (χ3v) is 3.43. The van der Waals surface area contributed by atoms with Crippen molar-refractivity contribution in [1.29, 1.82) is 0 Å². The summed E-state index contributed by atoms with van der Waals surface area (Å²) >= 11 is 5.78. The van der Waals surface area contributed by atoms with E-state index in [1.807, 2.05) is 4.57 Å². The summed E-state index contributed by atoms with van der Waals surface area (Å²) < 4.78 is 16.0. The molecule has 108 valence electrons. The van der Waals surface area contributed by atoms with Crippen LogP contribution in [0.4, 0.5) is 10.2 Å². The first-order valence-electron chi connectivity index (χ1n) is 6.88. The Morgan fingerprint density at radius 3 is 2.65 bits per heavy atom. The molecule has 0 amide bonds. The Hall–Kier alpha value is -1.55. The number of nitrogens with two attached hydrogens (primary N) is 1. The van der Waals surface area contributed by atoms with E-state index in [4.69, 9.17) is 17.3 Å². The number of halogens is 2. The second-order valence-corrected chi connectivity index (χ2v) is 5.22. The van der Waals surface area contributed by atoms with E-state index in [0.29, 0.717) is 22.1 Å². The van der Waals surface area contributed by atoms with E-state index in [9.17, 15) is 4.39 Å². The molecule has 1 heterocycles. The van der Waals surface area contributed by atoms with Gasteiger partial charge in [0.25, 0.3) is 0 Å². The number of nitrogens with zero attached hydrogens (tertiary/aromatic N) is 2. The van der Waals surface area contributed by atoms with Crippen LogP contribution in [0.2, 0.25) is 5.02 Å². The summed E-state index contributed by atoms with van der Waals surface area (Å²) in [6, 6.07) is 4.56. The highest BCUT2D eigenvalue weighted by Crippen LogP contribution is 2.30. The summed E-state index contributed by atoms with van der Waals surface area (Å²) in [4.78, 5) is 4.53. The number of rotatable bonds is 5. The van der Waals surface area contributed by atoms with Crippen LogP contribution in [0.5, 0.6) is 0 Å². The molecule has 0 saturated carbocycles. The molecule has 0 atom stereocenters. The van der Waals surface area contributed by atoms with E-state index in [1.54, 1.807) is 12.1 Å². The van der Waals surface area contributed by atoms with E-state index in [1.165, 1.54) is 6.07 Å². The van der Waals surface area contributed by atoms with Gasteiger partial charge < -0.3 is 10.3 Å². The average molecular weight is 296 g/mol. The summed E-state index contributed by atoms with van der Waals surface area (Å²) in [6.07, 6.45) is 2.77. The first-order chi connectivity index (χ1) is 9.58. The van der Waals surface area contributed by atoms with Crippen LogP contribution in [0.25, 0.3) is 11.3 Å². The number of hydrogen-bond acceptors (Lipinski definition) is 2. The SMILES string of the molecule is CCCc1nc(-c2ccc(Cl)cc2F)c(N)n1CCC. The average Bonchev–Trinajstić information content (AvgIpc) is 2.69. The number of aromatic nitrogens is 2. The van der Waals surface area contributed by atoms with Gasteiger partial charge in [-0.25, -0.2) is 9.37 Å². The highest BCUT2D eigenvalue weighted by molar-refractivity contribution is 6.30. The van der Waals surface area contributed by atoms with Gasteiger partial charge in [0.1, 0.15) is 23.2 Å². The second-order valence-electron chi connectivity index (χ2n) is 4.79. The minimum atomic E-state index is -0.395. The van der Waals surface area contributed by atoms with E-state index in [-0.39, 0.29) is 0 Å². The van der Waals surface area contributed by atoms with Gasteiger partial charge in [-0.1, -0.05) is 25.4 Å². The number of anilines is 1. The van der Waals surface area contributed by atoms with E-state index >= 15 is 0 Å². The molecular weight excluding hydrogens is 277 g/mol. The molecule has 0 aliphatic heterocycles. The number of nitrogen functional groups attached to an aromatic ring is 1. The molecule has 1 aromatic carbocycles. The van der Waals surface area contributed by atoms with Gasteiger partial charge in [-0.15, -0.1) is 0 Å². The maximum Gasteiger partial charge on any atom is 0.134 e. The van der Waals surface area contributed by atoms with Crippen molar-refractivity contribution < 1.29 is 4.39 Å². The van der Waals surface area contributed by atoms with Gasteiger partial charge in [0.2, 0.25) is 0 Å². The minimum absolute atomic E-state index is 0.367. The zero-order valence-electron chi connectivity index (χ0n) is 11.8. The van der Waals surface area contributed by atoms with Crippen molar-refractivity contribution in [2.24, 2.45) is 0 Å². The summed E-state index contributed by atoms with van der Waals surface area (Å²) in [5, 5.41) is 0.367. The zero-order chi connectivity index (χ0) is 14.7. The highest BCUT2D eigenvalue weighted by Gasteiger charge is 2.18. The molecule has 1 aromatic heterocycles. The van der Waals surface area contributed by atoms with Crippen LogP contribution in [0.3, 0.4) is 0 Å². The molecule has 2 rings (SSSR count). The van der Waals surface area contributed by atoms with Crippen molar-refractivity contribution in [3.8, 4) is 11.3 Å². The monoisotopic (exact) mass is 295 g/mol. The molecule has 2 aromatic rings. The van der Waals surface area contributed by atoms with E-state index in [0.717, 1.165) is 31.6 Å². The zero-order valence-corrected chi connectivity index (χ0v) is 12.5. The lowest BCUT2D eigenvalue weighted by Crippen LogP contribution is -2.06. The van der Waals surface area contributed by atoms with Crippen LogP contribution < -0.4 is 5.73 Å². The lowest BCUT2D eigenvalue weighted by atomic mass is 10.1.